The molecule has 0 saturated carbocycles. The molecule has 7 heteroatoms. The van der Waals surface area contributed by atoms with Crippen molar-refractivity contribution in [1.29, 1.82) is 0 Å². The molecule has 0 fully saturated rings. The van der Waals surface area contributed by atoms with E-state index < -0.39 is 5.97 Å². The summed E-state index contributed by atoms with van der Waals surface area (Å²) in [6.45, 7) is 3.32. The highest BCUT2D eigenvalue weighted by atomic mass is 19.1. The monoisotopic (exact) mass is 459 g/mol. The van der Waals surface area contributed by atoms with Crippen LogP contribution in [0.25, 0.3) is 5.57 Å². The van der Waals surface area contributed by atoms with Crippen LogP contribution in [-0.2, 0) is 22.6 Å². The molecular weight excluding hydrogens is 433 g/mol. The molecule has 1 aliphatic rings. The molecule has 4 rings (SSSR count). The molecule has 0 aromatic heterocycles. The lowest BCUT2D eigenvalue weighted by molar-refractivity contribution is -0.110. The van der Waals surface area contributed by atoms with E-state index in [4.69, 9.17) is 4.74 Å². The number of fused-ring (bicyclic) bond motifs is 1. The fourth-order valence-electron chi connectivity index (χ4n) is 4.03. The summed E-state index contributed by atoms with van der Waals surface area (Å²) in [5.74, 6) is -0.905. The van der Waals surface area contributed by atoms with Gasteiger partial charge in [-0.05, 0) is 61.5 Å². The number of ether oxygens (including phenoxy) is 1. The van der Waals surface area contributed by atoms with Crippen LogP contribution in [0.2, 0.25) is 0 Å². The number of nitrogens with zero attached hydrogens (tertiary/aromatic N) is 1. The minimum atomic E-state index is -0.451. The Morgan fingerprint density at radius 1 is 1.00 bits per heavy atom. The van der Waals surface area contributed by atoms with Crippen LogP contribution in [0.4, 0.5) is 15.8 Å². The molecule has 1 aliphatic heterocycles. The lowest BCUT2D eigenvalue weighted by atomic mass is 10.0. The SMILES string of the molecule is COC(=O)c1ccc2c(c1)NC(=O)/C2=C(/C)Nc1ccc(CN(C)Cc2ccc(F)cc2)cc1. The minimum absolute atomic E-state index is 0.221. The molecule has 1 heterocycles. The van der Waals surface area contributed by atoms with Crippen molar-refractivity contribution in [2.75, 3.05) is 24.8 Å². The third-order valence-electron chi connectivity index (χ3n) is 5.66. The second-order valence-electron chi connectivity index (χ2n) is 8.33. The number of halogens is 1. The van der Waals surface area contributed by atoms with Crippen LogP contribution in [0.5, 0.6) is 0 Å². The first-order chi connectivity index (χ1) is 16.3. The number of rotatable bonds is 7. The third-order valence-corrected chi connectivity index (χ3v) is 5.66. The zero-order valence-corrected chi connectivity index (χ0v) is 19.3. The maximum absolute atomic E-state index is 13.1. The number of allylic oxidation sites excluding steroid dienone is 1. The van der Waals surface area contributed by atoms with Gasteiger partial charge in [-0.25, -0.2) is 9.18 Å². The van der Waals surface area contributed by atoms with Gasteiger partial charge in [-0.2, -0.15) is 0 Å². The number of carbonyl (C=O) groups is 2. The van der Waals surface area contributed by atoms with E-state index in [2.05, 4.69) is 15.5 Å². The first-order valence-electron chi connectivity index (χ1n) is 10.9. The van der Waals surface area contributed by atoms with E-state index in [1.54, 1.807) is 30.3 Å². The van der Waals surface area contributed by atoms with Gasteiger partial charge in [0.1, 0.15) is 5.82 Å². The van der Waals surface area contributed by atoms with E-state index in [1.807, 2.05) is 38.2 Å². The summed E-state index contributed by atoms with van der Waals surface area (Å²) in [6, 6.07) is 19.6. The first kappa shape index (κ1) is 23.2. The lowest BCUT2D eigenvalue weighted by Gasteiger charge is -2.17. The third kappa shape index (κ3) is 5.15. The number of amides is 1. The van der Waals surface area contributed by atoms with Crippen molar-refractivity contribution in [3.05, 3.63) is 100 Å². The van der Waals surface area contributed by atoms with E-state index in [9.17, 15) is 14.0 Å². The summed E-state index contributed by atoms with van der Waals surface area (Å²) in [5, 5.41) is 6.12. The van der Waals surface area contributed by atoms with Gasteiger partial charge in [0.2, 0.25) is 0 Å². The Bertz CT molecular complexity index is 1250. The molecular formula is C27H26FN3O3. The van der Waals surface area contributed by atoms with Crippen LogP contribution in [0.15, 0.2) is 72.4 Å². The summed E-state index contributed by atoms with van der Waals surface area (Å²) in [6.07, 6.45) is 0. The van der Waals surface area contributed by atoms with Crippen LogP contribution in [0.3, 0.4) is 0 Å². The quantitative estimate of drug-likeness (QED) is 0.383. The number of carbonyl (C=O) groups excluding carboxylic acids is 2. The molecule has 0 aliphatic carbocycles. The highest BCUT2D eigenvalue weighted by Gasteiger charge is 2.27. The Kier molecular flexibility index (Phi) is 6.75. The van der Waals surface area contributed by atoms with Crippen LogP contribution < -0.4 is 10.6 Å². The van der Waals surface area contributed by atoms with E-state index in [0.29, 0.717) is 22.5 Å². The zero-order chi connectivity index (χ0) is 24.2. The summed E-state index contributed by atoms with van der Waals surface area (Å²) in [5.41, 5.74) is 6.01. The van der Waals surface area contributed by atoms with Gasteiger partial charge in [-0.3, -0.25) is 9.69 Å². The minimum Gasteiger partial charge on any atom is -0.465 e. The Labute approximate surface area is 198 Å². The number of esters is 1. The average molecular weight is 460 g/mol. The van der Waals surface area contributed by atoms with Crippen molar-refractivity contribution in [3.63, 3.8) is 0 Å². The highest BCUT2D eigenvalue weighted by Crippen LogP contribution is 2.35. The second kappa shape index (κ2) is 9.89. The summed E-state index contributed by atoms with van der Waals surface area (Å²) in [4.78, 5) is 26.5. The maximum Gasteiger partial charge on any atom is 0.337 e. The molecule has 34 heavy (non-hydrogen) atoms. The molecule has 3 aromatic carbocycles. The fraction of sp³-hybridized carbons (Fsp3) is 0.185. The molecule has 0 radical (unpaired) electrons. The van der Waals surface area contributed by atoms with Gasteiger partial charge in [0.05, 0.1) is 23.9 Å². The van der Waals surface area contributed by atoms with Crippen molar-refractivity contribution in [1.82, 2.24) is 4.90 Å². The Morgan fingerprint density at radius 3 is 2.24 bits per heavy atom. The Balaban J connectivity index is 1.43. The van der Waals surface area contributed by atoms with Gasteiger partial charge in [-0.1, -0.05) is 30.3 Å². The van der Waals surface area contributed by atoms with Gasteiger partial charge in [-0.15, -0.1) is 0 Å². The van der Waals surface area contributed by atoms with Crippen molar-refractivity contribution in [2.45, 2.75) is 20.0 Å². The van der Waals surface area contributed by atoms with Gasteiger partial charge in [0, 0.05) is 30.0 Å². The normalized spacial score (nSPS) is 14.0. The topological polar surface area (TPSA) is 70.7 Å². The van der Waals surface area contributed by atoms with Gasteiger partial charge < -0.3 is 15.4 Å². The number of hydrogen-bond acceptors (Lipinski definition) is 5. The average Bonchev–Trinajstić information content (AvgIpc) is 3.16. The Hall–Kier alpha value is -3.97. The fourth-order valence-corrected chi connectivity index (χ4v) is 4.03. The van der Waals surface area contributed by atoms with Gasteiger partial charge in [0.25, 0.3) is 5.91 Å². The molecule has 0 bridgehead atoms. The van der Waals surface area contributed by atoms with E-state index >= 15 is 0 Å². The molecule has 1 amide bonds. The summed E-state index contributed by atoms with van der Waals surface area (Å²) >= 11 is 0. The highest BCUT2D eigenvalue weighted by molar-refractivity contribution is 6.32. The smallest absolute Gasteiger partial charge is 0.337 e. The zero-order valence-electron chi connectivity index (χ0n) is 19.3. The lowest BCUT2D eigenvalue weighted by Crippen LogP contribution is -2.17. The molecule has 0 unspecified atom stereocenters. The van der Waals surface area contributed by atoms with Crippen molar-refractivity contribution in [2.24, 2.45) is 0 Å². The number of nitrogens with one attached hydrogen (secondary N) is 2. The molecule has 6 nitrogen and oxygen atoms in total. The largest absolute Gasteiger partial charge is 0.465 e. The van der Waals surface area contributed by atoms with Crippen molar-refractivity contribution in [3.8, 4) is 0 Å². The van der Waals surface area contributed by atoms with E-state index in [1.165, 1.54) is 19.2 Å². The van der Waals surface area contributed by atoms with Crippen molar-refractivity contribution < 1.29 is 18.7 Å². The van der Waals surface area contributed by atoms with E-state index in [0.717, 1.165) is 35.5 Å². The molecule has 2 N–H and O–H groups in total. The summed E-state index contributed by atoms with van der Waals surface area (Å²) in [7, 11) is 3.34. The van der Waals surface area contributed by atoms with Gasteiger partial charge >= 0.3 is 5.97 Å². The van der Waals surface area contributed by atoms with Gasteiger partial charge in [0.15, 0.2) is 0 Å². The number of hydrogen-bond donors (Lipinski definition) is 2. The van der Waals surface area contributed by atoms with Crippen LogP contribution >= 0.6 is 0 Å². The predicted octanol–water partition coefficient (Wildman–Crippen LogP) is 5.04. The summed E-state index contributed by atoms with van der Waals surface area (Å²) < 4.78 is 17.8. The van der Waals surface area contributed by atoms with E-state index in [-0.39, 0.29) is 11.7 Å². The molecule has 3 aromatic rings. The number of anilines is 2. The van der Waals surface area contributed by atoms with Crippen LogP contribution in [0, 0.1) is 5.82 Å². The molecule has 174 valence electrons. The standard InChI is InChI=1S/C27H26FN3O3/c1-17(25-23-13-8-20(27(33)34-3)14-24(23)30-26(25)32)29-22-11-6-19(7-12-22)16-31(2)15-18-4-9-21(28)10-5-18/h4-14,29H,15-16H2,1-3H3,(H,30,32)/b25-17-. The van der Waals surface area contributed by atoms with Crippen LogP contribution in [-0.4, -0.2) is 30.9 Å². The number of methoxy groups -OCH3 is 1. The molecule has 0 spiro atoms. The second-order valence-corrected chi connectivity index (χ2v) is 8.33. The maximum atomic E-state index is 13.1. The molecule has 0 atom stereocenters. The van der Waals surface area contributed by atoms with Crippen LogP contribution in [0.1, 0.15) is 34.0 Å². The van der Waals surface area contributed by atoms with Crippen molar-refractivity contribution >= 4 is 28.8 Å². The predicted molar refractivity (Wildman–Crippen MR) is 131 cm³/mol. The molecule has 0 saturated heterocycles. The first-order valence-corrected chi connectivity index (χ1v) is 10.9. The number of benzene rings is 3. The Morgan fingerprint density at radius 2 is 1.62 bits per heavy atom.